The van der Waals surface area contributed by atoms with E-state index in [1.54, 1.807) is 0 Å². The van der Waals surface area contributed by atoms with E-state index in [0.717, 1.165) is 109 Å². The van der Waals surface area contributed by atoms with Crippen molar-refractivity contribution in [2.24, 2.45) is 0 Å². The third-order valence-corrected chi connectivity index (χ3v) is 15.6. The molecule has 0 heterocycles. The highest BCUT2D eigenvalue weighted by atomic mass is 16.6. The fraction of sp³-hybridized carbons (Fsp3) is 0.776. The third-order valence-electron chi connectivity index (χ3n) is 15.6. The second-order valence-corrected chi connectivity index (χ2v) is 23.7. The number of ether oxygens (including phenoxy) is 3. The van der Waals surface area contributed by atoms with E-state index in [9.17, 15) is 14.4 Å². The molecule has 0 saturated heterocycles. The van der Waals surface area contributed by atoms with Gasteiger partial charge >= 0.3 is 17.9 Å². The predicted octanol–water partition coefficient (Wildman–Crippen LogP) is 24.6. The zero-order valence-electron chi connectivity index (χ0n) is 54.5. The molecule has 0 fully saturated rings. The van der Waals surface area contributed by atoms with Gasteiger partial charge in [-0.2, -0.15) is 0 Å². The summed E-state index contributed by atoms with van der Waals surface area (Å²) >= 11 is 0. The Kier molecular flexibility index (Phi) is 67.2. The van der Waals surface area contributed by atoms with Crippen molar-refractivity contribution in [1.29, 1.82) is 0 Å². The second-order valence-electron chi connectivity index (χ2n) is 23.7. The van der Waals surface area contributed by atoms with Gasteiger partial charge in [-0.25, -0.2) is 0 Å². The van der Waals surface area contributed by atoms with Crippen LogP contribution in [0.5, 0.6) is 0 Å². The monoisotopic (exact) mass is 1140 g/mol. The van der Waals surface area contributed by atoms with E-state index in [1.165, 1.54) is 212 Å². The van der Waals surface area contributed by atoms with Crippen molar-refractivity contribution < 1.29 is 28.6 Å². The first-order valence-corrected chi connectivity index (χ1v) is 35.6. The van der Waals surface area contributed by atoms with E-state index in [0.29, 0.717) is 19.3 Å². The fourth-order valence-corrected chi connectivity index (χ4v) is 10.4. The largest absolute Gasteiger partial charge is 0.462 e. The molecular weight excluding hydrogens is 1010 g/mol. The zero-order valence-corrected chi connectivity index (χ0v) is 54.5. The standard InChI is InChI=1S/C76H134O6/c1-4-7-10-13-16-19-22-25-27-29-31-33-34-35-36-37-38-39-40-41-42-43-45-46-48-51-54-57-60-63-66-69-75(78)81-72-73(71-80-74(77)68-65-62-59-56-53-50-24-21-18-15-12-9-6-3)82-76(79)70-67-64-61-58-55-52-49-47-44-32-30-28-26-23-20-17-14-11-8-5-2/h7,9-10,12,16,18-19,21,25,27,31,33,50,53,73H,4-6,8,11,13-15,17,20,22-24,26,28-30,32,34-49,51-52,54-72H2,1-3H3/b10-7-,12-9-,19-16-,21-18-,27-25-,33-31-,53-50-. The van der Waals surface area contributed by atoms with Crippen LogP contribution in [-0.4, -0.2) is 37.2 Å². The molecule has 0 aliphatic heterocycles. The topological polar surface area (TPSA) is 78.9 Å². The molecule has 0 aromatic rings. The molecule has 0 saturated carbocycles. The summed E-state index contributed by atoms with van der Waals surface area (Å²) in [5.74, 6) is -0.889. The zero-order chi connectivity index (χ0) is 59.2. The van der Waals surface area contributed by atoms with Crippen LogP contribution in [0.15, 0.2) is 85.1 Å². The number of hydrogen-bond acceptors (Lipinski definition) is 6. The molecule has 0 rings (SSSR count). The Labute approximate surface area is 509 Å². The van der Waals surface area contributed by atoms with Gasteiger partial charge < -0.3 is 14.2 Å². The minimum absolute atomic E-state index is 0.0807. The molecule has 1 atom stereocenters. The average molecular weight is 1140 g/mol. The molecule has 0 radical (unpaired) electrons. The minimum Gasteiger partial charge on any atom is -0.462 e. The van der Waals surface area contributed by atoms with Gasteiger partial charge in [0, 0.05) is 19.3 Å². The highest BCUT2D eigenvalue weighted by molar-refractivity contribution is 5.71. The summed E-state index contributed by atoms with van der Waals surface area (Å²) in [6.45, 7) is 6.44. The summed E-state index contributed by atoms with van der Waals surface area (Å²) < 4.78 is 17.0. The van der Waals surface area contributed by atoms with E-state index in [1.807, 2.05) is 0 Å². The molecule has 1 unspecified atom stereocenters. The maximum Gasteiger partial charge on any atom is 0.306 e. The highest BCUT2D eigenvalue weighted by Crippen LogP contribution is 2.18. The van der Waals surface area contributed by atoms with Gasteiger partial charge in [0.2, 0.25) is 0 Å². The van der Waals surface area contributed by atoms with Gasteiger partial charge in [-0.3, -0.25) is 14.4 Å². The quantitative estimate of drug-likeness (QED) is 0.0261. The van der Waals surface area contributed by atoms with Gasteiger partial charge in [0.1, 0.15) is 13.2 Å². The summed E-state index contributed by atoms with van der Waals surface area (Å²) in [6.07, 6.45) is 93.4. The third kappa shape index (κ3) is 67.4. The first-order chi connectivity index (χ1) is 40.5. The van der Waals surface area contributed by atoms with Gasteiger partial charge in [0.15, 0.2) is 6.10 Å². The van der Waals surface area contributed by atoms with Crippen LogP contribution in [0.4, 0.5) is 0 Å². The molecule has 0 aromatic heterocycles. The molecule has 0 aliphatic rings. The van der Waals surface area contributed by atoms with Crippen molar-refractivity contribution in [2.45, 2.75) is 367 Å². The molecule has 6 heteroatoms. The van der Waals surface area contributed by atoms with E-state index < -0.39 is 6.10 Å². The predicted molar refractivity (Wildman–Crippen MR) is 358 cm³/mol. The smallest absolute Gasteiger partial charge is 0.306 e. The highest BCUT2D eigenvalue weighted by Gasteiger charge is 2.19. The number of carbonyl (C=O) groups is 3. The van der Waals surface area contributed by atoms with Crippen LogP contribution in [0.1, 0.15) is 361 Å². The molecule has 474 valence electrons. The van der Waals surface area contributed by atoms with Crippen LogP contribution in [0.3, 0.4) is 0 Å². The van der Waals surface area contributed by atoms with Gasteiger partial charge in [0.25, 0.3) is 0 Å². The van der Waals surface area contributed by atoms with Gasteiger partial charge in [-0.15, -0.1) is 0 Å². The lowest BCUT2D eigenvalue weighted by molar-refractivity contribution is -0.167. The van der Waals surface area contributed by atoms with Crippen LogP contribution in [0.2, 0.25) is 0 Å². The Bertz CT molecular complexity index is 1550. The molecule has 0 aromatic carbocycles. The molecular formula is C76H134O6. The van der Waals surface area contributed by atoms with E-state index in [4.69, 9.17) is 14.2 Å². The molecule has 0 aliphatic carbocycles. The van der Waals surface area contributed by atoms with Crippen LogP contribution >= 0.6 is 0 Å². The number of unbranched alkanes of at least 4 members (excludes halogenated alkanes) is 40. The van der Waals surface area contributed by atoms with E-state index in [-0.39, 0.29) is 31.1 Å². The van der Waals surface area contributed by atoms with Crippen molar-refractivity contribution in [3.8, 4) is 0 Å². The van der Waals surface area contributed by atoms with E-state index >= 15 is 0 Å². The molecule has 0 spiro atoms. The Balaban J connectivity index is 4.19. The Hall–Kier alpha value is -3.41. The van der Waals surface area contributed by atoms with Crippen molar-refractivity contribution in [3.63, 3.8) is 0 Å². The summed E-state index contributed by atoms with van der Waals surface area (Å²) in [5.41, 5.74) is 0. The number of hydrogen-bond donors (Lipinski definition) is 0. The van der Waals surface area contributed by atoms with Gasteiger partial charge in [-0.05, 0) is 89.9 Å². The first-order valence-electron chi connectivity index (χ1n) is 35.6. The molecule has 0 amide bonds. The average Bonchev–Trinajstić information content (AvgIpc) is 3.47. The lowest BCUT2D eigenvalue weighted by atomic mass is 10.0. The van der Waals surface area contributed by atoms with Crippen molar-refractivity contribution in [3.05, 3.63) is 85.1 Å². The Morgan fingerprint density at radius 2 is 0.476 bits per heavy atom. The second kappa shape index (κ2) is 70.1. The van der Waals surface area contributed by atoms with Crippen LogP contribution < -0.4 is 0 Å². The van der Waals surface area contributed by atoms with Crippen LogP contribution in [-0.2, 0) is 28.6 Å². The molecule has 6 nitrogen and oxygen atoms in total. The summed E-state index contributed by atoms with van der Waals surface area (Å²) in [7, 11) is 0. The number of esters is 3. The van der Waals surface area contributed by atoms with E-state index in [2.05, 4.69) is 106 Å². The summed E-state index contributed by atoms with van der Waals surface area (Å²) in [5, 5.41) is 0. The summed E-state index contributed by atoms with van der Waals surface area (Å²) in [6, 6.07) is 0. The van der Waals surface area contributed by atoms with Crippen molar-refractivity contribution in [1.82, 2.24) is 0 Å². The molecule has 82 heavy (non-hydrogen) atoms. The van der Waals surface area contributed by atoms with Crippen molar-refractivity contribution >= 4 is 17.9 Å². The van der Waals surface area contributed by atoms with Crippen LogP contribution in [0, 0.1) is 0 Å². The normalized spacial score (nSPS) is 12.6. The summed E-state index contributed by atoms with van der Waals surface area (Å²) in [4.78, 5) is 38.4. The lowest BCUT2D eigenvalue weighted by Crippen LogP contribution is -2.30. The van der Waals surface area contributed by atoms with Crippen LogP contribution in [0.25, 0.3) is 0 Å². The fourth-order valence-electron chi connectivity index (χ4n) is 10.4. The Morgan fingerprint density at radius 3 is 0.756 bits per heavy atom. The molecule has 0 N–H and O–H groups in total. The van der Waals surface area contributed by atoms with Gasteiger partial charge in [0.05, 0.1) is 0 Å². The Morgan fingerprint density at radius 1 is 0.256 bits per heavy atom. The number of rotatable bonds is 65. The maximum absolute atomic E-state index is 12.9. The maximum atomic E-state index is 12.9. The SMILES string of the molecule is CC/C=C\C/C=C\C/C=C\C/C=C\CCCCCCCCCCCCCCCCCCCCC(=O)OCC(COC(=O)CCCCC/C=C\C/C=C\C/C=C\CC)OC(=O)CCCCCCCCCCCCCCCCCCCCCC. The molecule has 0 bridgehead atoms. The number of allylic oxidation sites excluding steroid dienone is 14. The minimum atomic E-state index is -0.786. The van der Waals surface area contributed by atoms with Gasteiger partial charge in [-0.1, -0.05) is 337 Å². The van der Waals surface area contributed by atoms with Crippen molar-refractivity contribution in [2.75, 3.05) is 13.2 Å². The lowest BCUT2D eigenvalue weighted by Gasteiger charge is -2.18. The number of carbonyl (C=O) groups excluding carboxylic acids is 3. The first kappa shape index (κ1) is 78.6.